The van der Waals surface area contributed by atoms with Gasteiger partial charge in [-0.3, -0.25) is 4.79 Å². The molecule has 2 atom stereocenters. The SMILES string of the molecule is CCN(C)CC(C)OC(=O)C(C)C(C)(C)C. The second-order valence-corrected chi connectivity index (χ2v) is 5.69. The lowest BCUT2D eigenvalue weighted by Crippen LogP contribution is -2.34. The third kappa shape index (κ3) is 5.50. The van der Waals surface area contributed by atoms with Crippen LogP contribution in [0.3, 0.4) is 0 Å². The zero-order valence-corrected chi connectivity index (χ0v) is 11.8. The first-order valence-electron chi connectivity index (χ1n) is 6.07. The average molecular weight is 229 g/mol. The summed E-state index contributed by atoms with van der Waals surface area (Å²) in [6.45, 7) is 13.9. The summed E-state index contributed by atoms with van der Waals surface area (Å²) in [7, 11) is 2.03. The summed E-state index contributed by atoms with van der Waals surface area (Å²) < 4.78 is 5.43. The first-order valence-corrected chi connectivity index (χ1v) is 6.07. The molecule has 96 valence electrons. The van der Waals surface area contributed by atoms with E-state index >= 15 is 0 Å². The molecule has 0 aliphatic carbocycles. The fourth-order valence-electron chi connectivity index (χ4n) is 1.26. The molecule has 0 aromatic heterocycles. The summed E-state index contributed by atoms with van der Waals surface area (Å²) in [6, 6.07) is 0. The molecule has 0 aromatic carbocycles. The maximum Gasteiger partial charge on any atom is 0.309 e. The van der Waals surface area contributed by atoms with Crippen molar-refractivity contribution >= 4 is 5.97 Å². The van der Waals surface area contributed by atoms with Gasteiger partial charge in [0.2, 0.25) is 0 Å². The van der Waals surface area contributed by atoms with Crippen LogP contribution in [-0.2, 0) is 9.53 Å². The zero-order valence-electron chi connectivity index (χ0n) is 11.8. The van der Waals surface area contributed by atoms with E-state index in [1.165, 1.54) is 0 Å². The van der Waals surface area contributed by atoms with Gasteiger partial charge < -0.3 is 9.64 Å². The second kappa shape index (κ2) is 6.24. The minimum Gasteiger partial charge on any atom is -0.461 e. The zero-order chi connectivity index (χ0) is 12.9. The van der Waals surface area contributed by atoms with Crippen LogP contribution in [0.2, 0.25) is 0 Å². The summed E-state index contributed by atoms with van der Waals surface area (Å²) in [6.07, 6.45) is -0.0396. The van der Waals surface area contributed by atoms with Gasteiger partial charge >= 0.3 is 5.97 Å². The molecular weight excluding hydrogens is 202 g/mol. The monoisotopic (exact) mass is 229 g/mol. The Morgan fingerprint density at radius 3 is 2.19 bits per heavy atom. The molecule has 3 heteroatoms. The predicted molar refractivity (Wildman–Crippen MR) is 67.3 cm³/mol. The van der Waals surface area contributed by atoms with Crippen molar-refractivity contribution in [3.63, 3.8) is 0 Å². The first-order chi connectivity index (χ1) is 7.18. The van der Waals surface area contributed by atoms with Crippen LogP contribution in [0.4, 0.5) is 0 Å². The highest BCUT2D eigenvalue weighted by Gasteiger charge is 2.29. The van der Waals surface area contributed by atoms with Gasteiger partial charge in [0.05, 0.1) is 5.92 Å². The number of carbonyl (C=O) groups is 1. The molecule has 2 unspecified atom stereocenters. The molecule has 0 radical (unpaired) electrons. The molecule has 0 aliphatic heterocycles. The summed E-state index contributed by atoms with van der Waals surface area (Å²) >= 11 is 0. The standard InChI is InChI=1S/C13H27NO2/c1-8-14(7)9-10(2)16-12(15)11(3)13(4,5)6/h10-11H,8-9H2,1-7H3. The summed E-state index contributed by atoms with van der Waals surface area (Å²) in [4.78, 5) is 14.0. The van der Waals surface area contributed by atoms with Gasteiger partial charge in [-0.2, -0.15) is 0 Å². The van der Waals surface area contributed by atoms with E-state index < -0.39 is 0 Å². The summed E-state index contributed by atoms with van der Waals surface area (Å²) in [5, 5.41) is 0. The Hall–Kier alpha value is -0.570. The maximum atomic E-state index is 11.8. The van der Waals surface area contributed by atoms with Gasteiger partial charge in [-0.05, 0) is 25.9 Å². The van der Waals surface area contributed by atoms with Crippen molar-refractivity contribution < 1.29 is 9.53 Å². The van der Waals surface area contributed by atoms with E-state index in [4.69, 9.17) is 4.74 Å². The molecule has 0 N–H and O–H groups in total. The Labute approximate surface area is 100 Å². The lowest BCUT2D eigenvalue weighted by atomic mass is 9.82. The number of esters is 1. The highest BCUT2D eigenvalue weighted by Crippen LogP contribution is 2.26. The van der Waals surface area contributed by atoms with Crippen molar-refractivity contribution in [2.45, 2.75) is 47.6 Å². The van der Waals surface area contributed by atoms with Crippen molar-refractivity contribution in [1.82, 2.24) is 4.90 Å². The summed E-state index contributed by atoms with van der Waals surface area (Å²) in [5.74, 6) is -0.161. The van der Waals surface area contributed by atoms with E-state index in [0.29, 0.717) is 0 Å². The highest BCUT2D eigenvalue weighted by atomic mass is 16.5. The minimum absolute atomic E-state index is 0.0343. The number of hydrogen-bond donors (Lipinski definition) is 0. The molecule has 0 amide bonds. The third-order valence-corrected chi connectivity index (χ3v) is 3.08. The molecule has 0 fully saturated rings. The first kappa shape index (κ1) is 15.4. The van der Waals surface area contributed by atoms with Crippen LogP contribution in [0, 0.1) is 11.3 Å². The van der Waals surface area contributed by atoms with Crippen molar-refractivity contribution in [1.29, 1.82) is 0 Å². The van der Waals surface area contributed by atoms with E-state index in [-0.39, 0.29) is 23.4 Å². The molecule has 0 aliphatic rings. The van der Waals surface area contributed by atoms with Crippen LogP contribution in [0.15, 0.2) is 0 Å². The highest BCUT2D eigenvalue weighted by molar-refractivity contribution is 5.73. The normalized spacial score (nSPS) is 16.0. The van der Waals surface area contributed by atoms with Gasteiger partial charge in [0.15, 0.2) is 0 Å². The Balaban J connectivity index is 4.14. The lowest BCUT2D eigenvalue weighted by Gasteiger charge is -2.27. The van der Waals surface area contributed by atoms with Gasteiger partial charge in [0, 0.05) is 6.54 Å². The fourth-order valence-corrected chi connectivity index (χ4v) is 1.26. The predicted octanol–water partition coefficient (Wildman–Crippen LogP) is 2.55. The molecule has 3 nitrogen and oxygen atoms in total. The number of rotatable bonds is 5. The quantitative estimate of drug-likeness (QED) is 0.679. The maximum absolute atomic E-state index is 11.8. The van der Waals surface area contributed by atoms with Crippen molar-refractivity contribution in [3.8, 4) is 0 Å². The number of carbonyl (C=O) groups excluding carboxylic acids is 1. The van der Waals surface area contributed by atoms with Crippen LogP contribution >= 0.6 is 0 Å². The third-order valence-electron chi connectivity index (χ3n) is 3.08. The molecular formula is C13H27NO2. The average Bonchev–Trinajstić information content (AvgIpc) is 2.14. The Bertz CT molecular complexity index is 220. The van der Waals surface area contributed by atoms with Gasteiger partial charge in [0.25, 0.3) is 0 Å². The molecule has 0 bridgehead atoms. The molecule has 0 saturated heterocycles. The molecule has 0 heterocycles. The molecule has 0 spiro atoms. The van der Waals surface area contributed by atoms with E-state index in [2.05, 4.69) is 32.6 Å². The Kier molecular flexibility index (Phi) is 6.01. The Morgan fingerprint density at radius 2 is 1.81 bits per heavy atom. The molecule has 0 aromatic rings. The van der Waals surface area contributed by atoms with E-state index in [1.54, 1.807) is 0 Å². The van der Waals surface area contributed by atoms with Gasteiger partial charge in [0.1, 0.15) is 6.10 Å². The topological polar surface area (TPSA) is 29.5 Å². The lowest BCUT2D eigenvalue weighted by molar-refractivity contribution is -0.156. The second-order valence-electron chi connectivity index (χ2n) is 5.69. The smallest absolute Gasteiger partial charge is 0.309 e. The van der Waals surface area contributed by atoms with E-state index in [9.17, 15) is 4.79 Å². The largest absolute Gasteiger partial charge is 0.461 e. The van der Waals surface area contributed by atoms with Crippen molar-refractivity contribution in [2.24, 2.45) is 11.3 Å². The van der Waals surface area contributed by atoms with Crippen LogP contribution in [0.25, 0.3) is 0 Å². The van der Waals surface area contributed by atoms with Crippen LogP contribution < -0.4 is 0 Å². The number of nitrogens with zero attached hydrogens (tertiary/aromatic N) is 1. The number of ether oxygens (including phenoxy) is 1. The fraction of sp³-hybridized carbons (Fsp3) is 0.923. The van der Waals surface area contributed by atoms with Gasteiger partial charge in [-0.1, -0.05) is 34.6 Å². The molecule has 0 saturated carbocycles. The number of likely N-dealkylation sites (N-methyl/N-ethyl adjacent to an activating group) is 1. The van der Waals surface area contributed by atoms with Gasteiger partial charge in [-0.15, -0.1) is 0 Å². The van der Waals surface area contributed by atoms with E-state index in [1.807, 2.05) is 20.9 Å². The van der Waals surface area contributed by atoms with Crippen molar-refractivity contribution in [2.75, 3.05) is 20.1 Å². The molecule has 16 heavy (non-hydrogen) atoms. The molecule has 0 rings (SSSR count). The summed E-state index contributed by atoms with van der Waals surface area (Å²) in [5.41, 5.74) is -0.0343. The van der Waals surface area contributed by atoms with Gasteiger partial charge in [-0.25, -0.2) is 0 Å². The number of hydrogen-bond acceptors (Lipinski definition) is 3. The van der Waals surface area contributed by atoms with E-state index in [0.717, 1.165) is 13.1 Å². The van der Waals surface area contributed by atoms with Crippen LogP contribution in [-0.4, -0.2) is 37.1 Å². The Morgan fingerprint density at radius 1 is 1.31 bits per heavy atom. The van der Waals surface area contributed by atoms with Crippen molar-refractivity contribution in [3.05, 3.63) is 0 Å². The van der Waals surface area contributed by atoms with Crippen LogP contribution in [0.1, 0.15) is 41.5 Å². The minimum atomic E-state index is -0.0931. The van der Waals surface area contributed by atoms with Crippen LogP contribution in [0.5, 0.6) is 0 Å².